The molecule has 0 aliphatic heterocycles. The average Bonchev–Trinajstić information content (AvgIpc) is 3.39. The normalized spacial score (nSPS) is 20.8. The van der Waals surface area contributed by atoms with Crippen LogP contribution in [0.1, 0.15) is 145 Å². The maximum atomic E-state index is 11.4. The Hall–Kier alpha value is -2.30. The fourth-order valence-electron chi connectivity index (χ4n) is 6.75. The molecule has 5 rings (SSSR count). The van der Waals surface area contributed by atoms with Gasteiger partial charge in [-0.3, -0.25) is 35.1 Å². The average molecular weight is 625 g/mol. The van der Waals surface area contributed by atoms with Crippen LogP contribution >= 0.6 is 12.4 Å². The lowest BCUT2D eigenvalue weighted by Gasteiger charge is -2.25. The third-order valence-corrected chi connectivity index (χ3v) is 9.16. The Morgan fingerprint density at radius 2 is 1.35 bits per heavy atom. The summed E-state index contributed by atoms with van der Waals surface area (Å²) in [5.41, 5.74) is 6.66. The summed E-state index contributed by atoms with van der Waals surface area (Å²) in [6, 6.07) is 1.18. The van der Waals surface area contributed by atoms with Gasteiger partial charge in [0.15, 0.2) is 0 Å². The van der Waals surface area contributed by atoms with Gasteiger partial charge >= 0.3 is 11.9 Å². The number of carboxylic acid groups (broad SMARTS) is 2. The van der Waals surface area contributed by atoms with Crippen LogP contribution in [0.2, 0.25) is 0 Å². The van der Waals surface area contributed by atoms with Gasteiger partial charge in [0.1, 0.15) is 11.6 Å². The minimum absolute atomic E-state index is 0. The van der Waals surface area contributed by atoms with E-state index in [2.05, 4.69) is 10.1 Å². The van der Waals surface area contributed by atoms with Gasteiger partial charge < -0.3 is 10.2 Å². The zero-order valence-electron chi connectivity index (χ0n) is 25.7. The van der Waals surface area contributed by atoms with Gasteiger partial charge in [0.2, 0.25) is 0 Å². The lowest BCUT2D eigenvalue weighted by molar-refractivity contribution is -0.141. The third-order valence-electron chi connectivity index (χ3n) is 9.16. The Labute approximate surface area is 262 Å². The summed E-state index contributed by atoms with van der Waals surface area (Å²) in [7, 11) is 0. The van der Waals surface area contributed by atoms with Gasteiger partial charge in [-0.2, -0.15) is 5.10 Å². The number of hydrazine groups is 1. The molecule has 0 bridgehead atoms. The summed E-state index contributed by atoms with van der Waals surface area (Å²) >= 11 is 0. The standard InChI is InChI=1S/C16H24N2O2.C10H14O4.C6H14N2.ClH/c19-16(20)11-10-14-13-8-4-5-9-15(13)18(17-14)12-6-2-1-3-7-12;11-8-4-2-1-3-7(8)9(12)5-6-10(13)14;7-8-6-4-2-1-3-5-6;/h12H,1-11H2,(H,19,20);7H,1-6H2,(H,13,14);6,8H,1-5,7H2;1H. The number of aromatic nitrogens is 2. The summed E-state index contributed by atoms with van der Waals surface area (Å²) in [6.07, 6.45) is 21.3. The van der Waals surface area contributed by atoms with Gasteiger partial charge in [-0.15, -0.1) is 12.4 Å². The molecule has 3 fully saturated rings. The van der Waals surface area contributed by atoms with Crippen LogP contribution in [0.5, 0.6) is 0 Å². The first-order valence-electron chi connectivity index (χ1n) is 16.3. The Balaban J connectivity index is 0.000000245. The van der Waals surface area contributed by atoms with Crippen LogP contribution in [0, 0.1) is 5.92 Å². The van der Waals surface area contributed by atoms with Crippen molar-refractivity contribution in [2.45, 2.75) is 153 Å². The minimum atomic E-state index is -0.985. The van der Waals surface area contributed by atoms with Crippen LogP contribution in [0.4, 0.5) is 0 Å². The molecule has 43 heavy (non-hydrogen) atoms. The number of nitrogens with two attached hydrogens (primary N) is 1. The molecule has 10 nitrogen and oxygen atoms in total. The first-order chi connectivity index (χ1) is 20.3. The van der Waals surface area contributed by atoms with E-state index in [1.165, 1.54) is 88.3 Å². The van der Waals surface area contributed by atoms with E-state index < -0.39 is 17.9 Å². The van der Waals surface area contributed by atoms with Crippen molar-refractivity contribution in [3.8, 4) is 0 Å². The van der Waals surface area contributed by atoms with Crippen molar-refractivity contribution >= 4 is 35.9 Å². The summed E-state index contributed by atoms with van der Waals surface area (Å²) in [6.45, 7) is 0. The molecule has 0 saturated heterocycles. The Morgan fingerprint density at radius 3 is 1.93 bits per heavy atom. The Morgan fingerprint density at radius 1 is 0.767 bits per heavy atom. The van der Waals surface area contributed by atoms with Crippen molar-refractivity contribution in [2.24, 2.45) is 11.8 Å². The molecule has 1 unspecified atom stereocenters. The number of nitrogens with zero attached hydrogens (tertiary/aromatic N) is 2. The first kappa shape index (κ1) is 36.9. The highest BCUT2D eigenvalue weighted by molar-refractivity contribution is 6.03. The predicted octanol–water partition coefficient (Wildman–Crippen LogP) is 5.67. The highest BCUT2D eigenvalue weighted by atomic mass is 35.5. The van der Waals surface area contributed by atoms with Gasteiger partial charge in [0.25, 0.3) is 0 Å². The molecular formula is C32H53ClN4O6. The number of hydrogen-bond acceptors (Lipinski definition) is 7. The van der Waals surface area contributed by atoms with E-state index in [0.29, 0.717) is 31.3 Å². The molecular weight excluding hydrogens is 572 g/mol. The predicted molar refractivity (Wildman–Crippen MR) is 167 cm³/mol. The van der Waals surface area contributed by atoms with E-state index in [1.807, 2.05) is 0 Å². The van der Waals surface area contributed by atoms with Crippen molar-refractivity contribution < 1.29 is 29.4 Å². The molecule has 11 heteroatoms. The van der Waals surface area contributed by atoms with E-state index in [-0.39, 0.29) is 43.2 Å². The van der Waals surface area contributed by atoms with Gasteiger partial charge in [-0.05, 0) is 69.8 Å². The van der Waals surface area contributed by atoms with E-state index in [9.17, 15) is 19.2 Å². The lowest BCUT2D eigenvalue weighted by atomic mass is 9.84. The first-order valence-corrected chi connectivity index (χ1v) is 16.3. The second kappa shape index (κ2) is 19.9. The van der Waals surface area contributed by atoms with E-state index in [1.54, 1.807) is 0 Å². The summed E-state index contributed by atoms with van der Waals surface area (Å²) in [5, 5.41) is 22.1. The molecule has 0 amide bonds. The number of fused-ring (bicyclic) bond motifs is 1. The van der Waals surface area contributed by atoms with Crippen LogP contribution in [-0.2, 0) is 38.4 Å². The van der Waals surface area contributed by atoms with Crippen LogP contribution in [0.15, 0.2) is 0 Å². The summed E-state index contributed by atoms with van der Waals surface area (Å²) < 4.78 is 2.28. The number of nitrogens with one attached hydrogen (secondary N) is 1. The molecule has 0 radical (unpaired) electrons. The van der Waals surface area contributed by atoms with Crippen molar-refractivity contribution in [1.29, 1.82) is 0 Å². The van der Waals surface area contributed by atoms with Crippen molar-refractivity contribution in [3.63, 3.8) is 0 Å². The number of hydrogen-bond donors (Lipinski definition) is 4. The fraction of sp³-hybridized carbons (Fsp3) is 0.781. The molecule has 3 saturated carbocycles. The Bertz CT molecular complexity index is 1030. The largest absolute Gasteiger partial charge is 0.481 e. The molecule has 1 atom stereocenters. The quantitative estimate of drug-likeness (QED) is 0.154. The topological polar surface area (TPSA) is 165 Å². The molecule has 4 aliphatic carbocycles. The van der Waals surface area contributed by atoms with Crippen LogP contribution in [-0.4, -0.2) is 49.5 Å². The SMILES string of the molecule is Cl.NNC1CCCCC1.O=C(O)CCC(=O)C1CCCCC1=O.O=C(O)CCc1nn(C2CCCCC2)c2c1CCCC2. The molecule has 1 aromatic rings. The number of carbonyl (C=O) groups is 4. The number of Topliss-reactive ketones (excluding diaryl/α,β-unsaturated/α-hetero) is 2. The van der Waals surface area contributed by atoms with Gasteiger partial charge in [-0.1, -0.05) is 44.9 Å². The van der Waals surface area contributed by atoms with E-state index >= 15 is 0 Å². The van der Waals surface area contributed by atoms with Crippen LogP contribution < -0.4 is 11.3 Å². The van der Waals surface area contributed by atoms with E-state index in [0.717, 1.165) is 31.4 Å². The molecule has 4 aliphatic rings. The number of ketones is 2. The Kier molecular flexibility index (Phi) is 17.0. The second-order valence-corrected chi connectivity index (χ2v) is 12.3. The van der Waals surface area contributed by atoms with Crippen LogP contribution in [0.3, 0.4) is 0 Å². The highest BCUT2D eigenvalue weighted by Gasteiger charge is 2.29. The number of halogens is 1. The highest BCUT2D eigenvalue weighted by Crippen LogP contribution is 2.33. The molecule has 1 heterocycles. The minimum Gasteiger partial charge on any atom is -0.481 e. The zero-order valence-corrected chi connectivity index (χ0v) is 26.5. The third kappa shape index (κ3) is 12.3. The summed E-state index contributed by atoms with van der Waals surface area (Å²) in [5.74, 6) is 2.83. The molecule has 0 aromatic carbocycles. The van der Waals surface area contributed by atoms with Crippen molar-refractivity contribution in [1.82, 2.24) is 15.2 Å². The maximum Gasteiger partial charge on any atom is 0.303 e. The second-order valence-electron chi connectivity index (χ2n) is 12.3. The van der Waals surface area contributed by atoms with Gasteiger partial charge in [-0.25, -0.2) is 0 Å². The molecule has 1 aromatic heterocycles. The molecule has 244 valence electrons. The van der Waals surface area contributed by atoms with Gasteiger partial charge in [0, 0.05) is 31.0 Å². The molecule has 5 N–H and O–H groups in total. The zero-order chi connectivity index (χ0) is 30.3. The molecule has 0 spiro atoms. The lowest BCUT2D eigenvalue weighted by Crippen LogP contribution is -2.36. The van der Waals surface area contributed by atoms with Crippen LogP contribution in [0.25, 0.3) is 0 Å². The monoisotopic (exact) mass is 624 g/mol. The fourth-order valence-corrected chi connectivity index (χ4v) is 6.75. The number of rotatable bonds is 9. The number of carbonyl (C=O) groups excluding carboxylic acids is 2. The number of carboxylic acids is 2. The summed E-state index contributed by atoms with van der Waals surface area (Å²) in [4.78, 5) is 43.8. The van der Waals surface area contributed by atoms with Gasteiger partial charge in [0.05, 0.1) is 30.5 Å². The number of aryl methyl sites for hydroxylation is 1. The smallest absolute Gasteiger partial charge is 0.303 e. The maximum absolute atomic E-state index is 11.4. The number of aliphatic carboxylic acids is 2. The van der Waals surface area contributed by atoms with Crippen molar-refractivity contribution in [2.75, 3.05) is 0 Å². The van der Waals surface area contributed by atoms with Crippen molar-refractivity contribution in [3.05, 3.63) is 17.0 Å². The van der Waals surface area contributed by atoms with E-state index in [4.69, 9.17) is 21.2 Å².